The standard InChI is InChI=1S/C70H50Ge/c1-47-27-33-61(34-28-47)71(62-35-29-48(2)30-36-62)69-37-31-53(57-39-55(49-15-5-3-6-16-49)41-59(43-57)65-25-13-21-51-19-9-11-23-63(51)65)45-67(69)68-46-54(32-38-70(68)71)58-40-56(50-17-7-4-8-18-50)42-60(44-58)66-26-14-22-52-20-10-12-24-64(52)66/h3-46H,1-2H3. The van der Waals surface area contributed by atoms with E-state index in [1.165, 1.54) is 128 Å². The third kappa shape index (κ3) is 7.46. The molecule has 0 amide bonds. The third-order valence-electron chi connectivity index (χ3n) is 15.1. The molecule has 1 heterocycles. The molecule has 0 bridgehead atoms. The summed E-state index contributed by atoms with van der Waals surface area (Å²) in [6.45, 7) is 4.41. The zero-order chi connectivity index (χ0) is 47.5. The van der Waals surface area contributed by atoms with Crippen molar-refractivity contribution in [1.82, 2.24) is 0 Å². The second kappa shape index (κ2) is 17.6. The number of hydrogen-bond acceptors (Lipinski definition) is 0. The monoisotopic (exact) mass is 964 g/mol. The number of rotatable bonds is 8. The predicted octanol–water partition coefficient (Wildman–Crippen LogP) is 16.0. The minimum absolute atomic E-state index is 1.21. The number of benzene rings is 12. The van der Waals surface area contributed by atoms with Crippen LogP contribution in [0.1, 0.15) is 11.1 Å². The molecular weight excluding hydrogens is 913 g/mol. The molecule has 1 heteroatoms. The van der Waals surface area contributed by atoms with Gasteiger partial charge < -0.3 is 0 Å². The molecule has 0 N–H and O–H groups in total. The van der Waals surface area contributed by atoms with Crippen LogP contribution in [-0.4, -0.2) is 13.3 Å². The van der Waals surface area contributed by atoms with Gasteiger partial charge in [-0.15, -0.1) is 0 Å². The van der Waals surface area contributed by atoms with Crippen LogP contribution in [-0.2, 0) is 0 Å². The Labute approximate surface area is 419 Å². The van der Waals surface area contributed by atoms with E-state index in [-0.39, 0.29) is 0 Å². The first-order chi connectivity index (χ1) is 35.0. The van der Waals surface area contributed by atoms with Crippen molar-refractivity contribution >= 4 is 52.4 Å². The van der Waals surface area contributed by atoms with Gasteiger partial charge in [-0.3, -0.25) is 0 Å². The van der Waals surface area contributed by atoms with Gasteiger partial charge in [0.15, 0.2) is 0 Å². The van der Waals surface area contributed by atoms with Crippen molar-refractivity contribution in [2.75, 3.05) is 0 Å². The molecule has 0 fully saturated rings. The molecule has 0 aromatic heterocycles. The first-order valence-electron chi connectivity index (χ1n) is 24.8. The summed E-state index contributed by atoms with van der Waals surface area (Å²) in [7, 11) is 0. The fourth-order valence-corrected chi connectivity index (χ4v) is 22.2. The zero-order valence-corrected chi connectivity index (χ0v) is 42.0. The van der Waals surface area contributed by atoms with E-state index in [2.05, 4.69) is 281 Å². The van der Waals surface area contributed by atoms with Crippen molar-refractivity contribution in [3.05, 3.63) is 278 Å². The van der Waals surface area contributed by atoms with Crippen LogP contribution in [0, 0.1) is 13.8 Å². The van der Waals surface area contributed by atoms with Gasteiger partial charge in [-0.1, -0.05) is 0 Å². The summed E-state index contributed by atoms with van der Waals surface area (Å²) in [6, 6.07) is 101. The fourth-order valence-electron chi connectivity index (χ4n) is 11.5. The van der Waals surface area contributed by atoms with E-state index in [1.54, 1.807) is 0 Å². The van der Waals surface area contributed by atoms with E-state index in [4.69, 9.17) is 0 Å². The molecule has 12 aromatic rings. The molecule has 0 saturated heterocycles. The van der Waals surface area contributed by atoms with Gasteiger partial charge in [0.1, 0.15) is 0 Å². The fraction of sp³-hybridized carbons (Fsp3) is 0.0286. The molecule has 0 nitrogen and oxygen atoms in total. The van der Waals surface area contributed by atoms with E-state index in [0.717, 1.165) is 0 Å². The Morgan fingerprint density at radius 2 is 0.577 bits per heavy atom. The topological polar surface area (TPSA) is 0 Å². The zero-order valence-electron chi connectivity index (χ0n) is 39.9. The quantitative estimate of drug-likeness (QED) is 0.133. The molecule has 0 saturated carbocycles. The molecule has 0 atom stereocenters. The number of hydrogen-bond donors (Lipinski definition) is 0. The van der Waals surface area contributed by atoms with E-state index in [1.807, 2.05) is 0 Å². The van der Waals surface area contributed by atoms with Crippen molar-refractivity contribution < 1.29 is 0 Å². The maximum atomic E-state index is 2.53. The summed E-state index contributed by atoms with van der Waals surface area (Å²) < 4.78 is 5.87. The summed E-state index contributed by atoms with van der Waals surface area (Å²) in [5.74, 6) is 0. The molecule has 12 aromatic carbocycles. The number of fused-ring (bicyclic) bond motifs is 5. The molecule has 13 rings (SSSR count). The van der Waals surface area contributed by atoms with Crippen molar-refractivity contribution in [2.24, 2.45) is 0 Å². The van der Waals surface area contributed by atoms with Crippen LogP contribution in [0.2, 0.25) is 0 Å². The van der Waals surface area contributed by atoms with Crippen LogP contribution >= 0.6 is 0 Å². The average Bonchev–Trinajstić information content (AvgIpc) is 3.73. The first-order valence-corrected chi connectivity index (χ1v) is 29.0. The molecule has 0 aliphatic carbocycles. The van der Waals surface area contributed by atoms with Gasteiger partial charge in [-0.05, 0) is 0 Å². The summed E-state index contributed by atoms with van der Waals surface area (Å²) in [4.78, 5) is 0. The van der Waals surface area contributed by atoms with Gasteiger partial charge in [-0.2, -0.15) is 0 Å². The van der Waals surface area contributed by atoms with Crippen molar-refractivity contribution in [3.8, 4) is 77.9 Å². The van der Waals surface area contributed by atoms with Gasteiger partial charge in [0.25, 0.3) is 0 Å². The molecule has 1 aliphatic rings. The summed E-state index contributed by atoms with van der Waals surface area (Å²) >= 11 is -3.63. The van der Waals surface area contributed by atoms with E-state index < -0.39 is 13.3 Å². The Balaban J connectivity index is 1.06. The predicted molar refractivity (Wildman–Crippen MR) is 306 cm³/mol. The molecule has 0 radical (unpaired) electrons. The van der Waals surface area contributed by atoms with Crippen LogP contribution in [0.25, 0.3) is 99.4 Å². The van der Waals surface area contributed by atoms with Gasteiger partial charge >= 0.3 is 422 Å². The van der Waals surface area contributed by atoms with Crippen LogP contribution < -0.4 is 17.6 Å². The van der Waals surface area contributed by atoms with Gasteiger partial charge in [0.2, 0.25) is 0 Å². The van der Waals surface area contributed by atoms with Crippen molar-refractivity contribution in [1.29, 1.82) is 0 Å². The van der Waals surface area contributed by atoms with Gasteiger partial charge in [0, 0.05) is 0 Å². The van der Waals surface area contributed by atoms with Crippen LogP contribution in [0.5, 0.6) is 0 Å². The average molecular weight is 964 g/mol. The summed E-state index contributed by atoms with van der Waals surface area (Å²) in [6.07, 6.45) is 0. The Kier molecular flexibility index (Phi) is 10.6. The molecular formula is C70H50Ge. The SMILES string of the molecule is Cc1cc[c]([Ge]2([c]3ccc(C)cc3)[c]3ccc(-c4cc(-c5ccccc5)cc(-c5cccc6ccccc56)c4)cc3-c3cc(-c4cc(-c5ccccc5)cc(-c5cccc6ccccc56)c4)cc[c]32)cc1. The van der Waals surface area contributed by atoms with E-state index in [0.29, 0.717) is 0 Å². The van der Waals surface area contributed by atoms with Crippen LogP contribution in [0.15, 0.2) is 267 Å². The summed E-state index contributed by atoms with van der Waals surface area (Å²) in [5, 5.41) is 5.01. The maximum absolute atomic E-state index is 3.63. The third-order valence-corrected chi connectivity index (χ3v) is 25.3. The molecule has 71 heavy (non-hydrogen) atoms. The second-order valence-corrected chi connectivity index (χ2v) is 27.2. The first kappa shape index (κ1) is 42.8. The van der Waals surface area contributed by atoms with Gasteiger partial charge in [-0.25, -0.2) is 0 Å². The van der Waals surface area contributed by atoms with Crippen LogP contribution in [0.4, 0.5) is 0 Å². The number of aryl methyl sites for hydroxylation is 2. The Hall–Kier alpha value is -8.30. The Morgan fingerprint density at radius 3 is 1.00 bits per heavy atom. The molecule has 0 unspecified atom stereocenters. The Morgan fingerprint density at radius 1 is 0.225 bits per heavy atom. The molecule has 1 aliphatic heterocycles. The van der Waals surface area contributed by atoms with E-state index >= 15 is 0 Å². The Bertz CT molecular complexity index is 3700. The van der Waals surface area contributed by atoms with Crippen molar-refractivity contribution in [3.63, 3.8) is 0 Å². The van der Waals surface area contributed by atoms with E-state index in [9.17, 15) is 0 Å². The van der Waals surface area contributed by atoms with Gasteiger partial charge in [0.05, 0.1) is 0 Å². The normalized spacial score (nSPS) is 12.5. The summed E-state index contributed by atoms with van der Waals surface area (Å²) in [5.41, 5.74) is 19.8. The minimum atomic E-state index is -3.63. The molecule has 334 valence electrons. The van der Waals surface area contributed by atoms with Crippen molar-refractivity contribution in [2.45, 2.75) is 13.8 Å². The molecule has 0 spiro atoms. The van der Waals surface area contributed by atoms with Crippen LogP contribution in [0.3, 0.4) is 0 Å². The second-order valence-electron chi connectivity index (χ2n) is 19.4.